The van der Waals surface area contributed by atoms with Crippen molar-refractivity contribution < 1.29 is 53.9 Å². The van der Waals surface area contributed by atoms with E-state index in [0.29, 0.717) is 0 Å². The molecule has 0 unspecified atom stereocenters. The van der Waals surface area contributed by atoms with Crippen LogP contribution in [0.1, 0.15) is 12.8 Å². The third-order valence-corrected chi connectivity index (χ3v) is 3.18. The molecule has 1 saturated carbocycles. The Morgan fingerprint density at radius 3 is 1.43 bits per heavy atom. The van der Waals surface area contributed by atoms with Gasteiger partial charge in [0, 0.05) is 6.04 Å². The van der Waals surface area contributed by atoms with Gasteiger partial charge in [-0.25, -0.2) is 0 Å². The number of halogens is 9. The number of anilines is 3. The van der Waals surface area contributed by atoms with E-state index in [4.69, 9.17) is 0 Å². The first-order chi connectivity index (χ1) is 13.5. The van der Waals surface area contributed by atoms with Crippen molar-refractivity contribution in [1.29, 1.82) is 0 Å². The molecule has 0 atom stereocenters. The number of nitrogens with zero attached hydrogens (tertiary/aromatic N) is 4. The van der Waals surface area contributed by atoms with Gasteiger partial charge in [-0.1, -0.05) is 0 Å². The molecule has 3 amide bonds. The van der Waals surface area contributed by atoms with Crippen molar-refractivity contribution in [2.24, 2.45) is 0 Å². The Labute approximate surface area is 158 Å². The highest BCUT2D eigenvalue weighted by Crippen LogP contribution is 2.34. The predicted octanol–water partition coefficient (Wildman–Crippen LogP) is 1.93. The maximum absolute atomic E-state index is 12.8. The maximum Gasteiger partial charge on any atom is 0.471 e. The minimum atomic E-state index is -5.53. The molecule has 1 aromatic rings. The fourth-order valence-electron chi connectivity index (χ4n) is 1.82. The molecular weight excluding hydrogens is 447 g/mol. The zero-order valence-corrected chi connectivity index (χ0v) is 13.9. The zero-order chi connectivity index (χ0) is 23.1. The summed E-state index contributed by atoms with van der Waals surface area (Å²) >= 11 is 0. The highest BCUT2D eigenvalue weighted by Gasteiger charge is 2.49. The number of carbonyl (C=O) groups is 3. The Kier molecular flexibility index (Phi) is 5.81. The lowest BCUT2D eigenvalue weighted by atomic mass is 10.4. The summed E-state index contributed by atoms with van der Waals surface area (Å²) in [4.78, 5) is 42.5. The largest absolute Gasteiger partial charge is 0.471 e. The monoisotopic (exact) mass is 454 g/mol. The second-order valence-corrected chi connectivity index (χ2v) is 5.59. The van der Waals surface area contributed by atoms with Gasteiger partial charge in [0.05, 0.1) is 0 Å². The van der Waals surface area contributed by atoms with Crippen LogP contribution in [-0.4, -0.2) is 57.2 Å². The smallest absolute Gasteiger partial charge is 0.286 e. The standard InChI is InChI=1S/C12H7F9N6O3/c13-10(14,15)4(28)22-7-24-8(23-5(29)11(16,17)18)26-9(25-7)27(3-1-2-3)6(30)12(19,20)21/h3H,1-2H2,(H2,22,23,24,25,26,28,29). The second kappa shape index (κ2) is 7.56. The molecule has 2 N–H and O–H groups in total. The molecule has 0 saturated heterocycles. The van der Waals surface area contributed by atoms with Crippen LogP contribution >= 0.6 is 0 Å². The maximum atomic E-state index is 12.8. The van der Waals surface area contributed by atoms with E-state index in [1.54, 1.807) is 0 Å². The molecule has 1 heterocycles. The van der Waals surface area contributed by atoms with E-state index in [2.05, 4.69) is 15.0 Å². The number of carbonyl (C=O) groups excluding carboxylic acids is 3. The predicted molar refractivity (Wildman–Crippen MR) is 75.8 cm³/mol. The lowest BCUT2D eigenvalue weighted by molar-refractivity contribution is -0.170. The summed E-state index contributed by atoms with van der Waals surface area (Å²) in [7, 11) is 0. The van der Waals surface area contributed by atoms with Crippen molar-refractivity contribution in [2.75, 3.05) is 15.5 Å². The average molecular weight is 454 g/mol. The van der Waals surface area contributed by atoms with Crippen LogP contribution in [0.3, 0.4) is 0 Å². The summed E-state index contributed by atoms with van der Waals surface area (Å²) in [6, 6.07) is -1.17. The molecule has 0 radical (unpaired) electrons. The first-order valence-electron chi connectivity index (χ1n) is 7.43. The van der Waals surface area contributed by atoms with Crippen LogP contribution in [-0.2, 0) is 14.4 Å². The number of nitrogens with one attached hydrogen (secondary N) is 2. The molecule has 18 heteroatoms. The first kappa shape index (κ1) is 23.1. The minimum Gasteiger partial charge on any atom is -0.286 e. The van der Waals surface area contributed by atoms with Gasteiger partial charge < -0.3 is 0 Å². The number of rotatable bonds is 4. The van der Waals surface area contributed by atoms with E-state index in [1.165, 1.54) is 0 Å². The van der Waals surface area contributed by atoms with Crippen LogP contribution in [0.2, 0.25) is 0 Å². The molecule has 30 heavy (non-hydrogen) atoms. The Bertz CT molecular complexity index is 816. The molecule has 2 rings (SSSR count). The van der Waals surface area contributed by atoms with Crippen LogP contribution in [0.15, 0.2) is 0 Å². The topological polar surface area (TPSA) is 117 Å². The van der Waals surface area contributed by atoms with Crippen LogP contribution in [0.25, 0.3) is 0 Å². The molecular formula is C12H7F9N6O3. The van der Waals surface area contributed by atoms with Gasteiger partial charge in [-0.2, -0.15) is 54.5 Å². The Morgan fingerprint density at radius 1 is 0.733 bits per heavy atom. The Balaban J connectivity index is 2.50. The van der Waals surface area contributed by atoms with Gasteiger partial charge in [-0.15, -0.1) is 0 Å². The number of amides is 3. The summed E-state index contributed by atoms with van der Waals surface area (Å²) in [5.41, 5.74) is 0. The summed E-state index contributed by atoms with van der Waals surface area (Å²) < 4.78 is 113. The molecule has 9 nitrogen and oxygen atoms in total. The van der Waals surface area contributed by atoms with Crippen molar-refractivity contribution in [2.45, 2.75) is 37.4 Å². The van der Waals surface area contributed by atoms with Gasteiger partial charge in [0.2, 0.25) is 17.8 Å². The highest BCUT2D eigenvalue weighted by molar-refractivity contribution is 5.98. The van der Waals surface area contributed by atoms with Crippen molar-refractivity contribution in [3.05, 3.63) is 0 Å². The van der Waals surface area contributed by atoms with E-state index in [1.807, 2.05) is 0 Å². The Hall–Kier alpha value is -3.21. The summed E-state index contributed by atoms with van der Waals surface area (Å²) in [5.74, 6) is -12.3. The highest BCUT2D eigenvalue weighted by atomic mass is 19.4. The van der Waals surface area contributed by atoms with Crippen molar-refractivity contribution >= 4 is 35.6 Å². The first-order valence-corrected chi connectivity index (χ1v) is 7.43. The third-order valence-electron chi connectivity index (χ3n) is 3.18. The molecule has 1 aliphatic carbocycles. The Morgan fingerprint density at radius 2 is 1.13 bits per heavy atom. The summed E-state index contributed by atoms with van der Waals surface area (Å²) in [6.07, 6.45) is -16.6. The van der Waals surface area contributed by atoms with Crippen molar-refractivity contribution in [3.63, 3.8) is 0 Å². The third kappa shape index (κ3) is 5.66. The van der Waals surface area contributed by atoms with Crippen LogP contribution in [0.4, 0.5) is 57.4 Å². The van der Waals surface area contributed by atoms with Gasteiger partial charge >= 0.3 is 36.3 Å². The lowest BCUT2D eigenvalue weighted by Gasteiger charge is -2.22. The molecule has 0 spiro atoms. The molecule has 1 aliphatic rings. The van der Waals surface area contributed by atoms with Gasteiger partial charge in [-0.3, -0.25) is 29.9 Å². The minimum absolute atomic E-state index is 0.0119. The molecule has 0 bridgehead atoms. The fourth-order valence-corrected chi connectivity index (χ4v) is 1.82. The lowest BCUT2D eigenvalue weighted by Crippen LogP contribution is -2.44. The van der Waals surface area contributed by atoms with Gasteiger partial charge in [0.25, 0.3) is 0 Å². The zero-order valence-electron chi connectivity index (χ0n) is 13.9. The summed E-state index contributed by atoms with van der Waals surface area (Å²) in [6.45, 7) is 0. The number of hydrogen-bond donors (Lipinski definition) is 2. The van der Waals surface area contributed by atoms with Gasteiger partial charge in [0.15, 0.2) is 0 Å². The van der Waals surface area contributed by atoms with E-state index in [-0.39, 0.29) is 17.7 Å². The van der Waals surface area contributed by atoms with Crippen LogP contribution < -0.4 is 15.5 Å². The SMILES string of the molecule is O=C(Nc1nc(NC(=O)C(F)(F)F)nc(N(C(=O)C(F)(F)F)C2CC2)n1)C(F)(F)F. The summed E-state index contributed by atoms with van der Waals surface area (Å²) in [5, 5.41) is 1.98. The molecule has 0 aliphatic heterocycles. The van der Waals surface area contributed by atoms with Crippen LogP contribution in [0.5, 0.6) is 0 Å². The molecule has 0 aromatic carbocycles. The second-order valence-electron chi connectivity index (χ2n) is 5.59. The molecule has 166 valence electrons. The molecule has 1 fully saturated rings. The normalized spacial score (nSPS) is 14.8. The number of hydrogen-bond acceptors (Lipinski definition) is 6. The van der Waals surface area contributed by atoms with Crippen molar-refractivity contribution in [1.82, 2.24) is 15.0 Å². The van der Waals surface area contributed by atoms with Crippen LogP contribution in [0, 0.1) is 0 Å². The molecule has 1 aromatic heterocycles. The quantitative estimate of drug-likeness (QED) is 0.672. The van der Waals surface area contributed by atoms with E-state index in [0.717, 1.165) is 10.6 Å². The van der Waals surface area contributed by atoms with Gasteiger partial charge in [0.1, 0.15) is 0 Å². The number of aromatic nitrogens is 3. The van der Waals surface area contributed by atoms with E-state index < -0.39 is 60.1 Å². The average Bonchev–Trinajstić information content (AvgIpc) is 3.37. The van der Waals surface area contributed by atoms with E-state index >= 15 is 0 Å². The van der Waals surface area contributed by atoms with E-state index in [9.17, 15) is 53.9 Å². The fraction of sp³-hybridized carbons (Fsp3) is 0.500. The van der Waals surface area contributed by atoms with Gasteiger partial charge in [-0.05, 0) is 12.8 Å². The number of alkyl halides is 9. The van der Waals surface area contributed by atoms with Crippen molar-refractivity contribution in [3.8, 4) is 0 Å².